The van der Waals surface area contributed by atoms with Crippen LogP contribution in [0.4, 0.5) is 0 Å². The fourth-order valence-corrected chi connectivity index (χ4v) is 1.82. The van der Waals surface area contributed by atoms with E-state index in [1.165, 1.54) is 11.1 Å². The van der Waals surface area contributed by atoms with E-state index in [4.69, 9.17) is 0 Å². The molecule has 0 bridgehead atoms. The third-order valence-electron chi connectivity index (χ3n) is 2.89. The second-order valence-corrected chi connectivity index (χ2v) is 4.70. The Morgan fingerprint density at radius 3 is 2.84 bits per heavy atom. The Morgan fingerprint density at radius 2 is 2.21 bits per heavy atom. The van der Waals surface area contributed by atoms with Gasteiger partial charge in [-0.05, 0) is 19.4 Å². The predicted octanol–water partition coefficient (Wildman–Crippen LogP) is 2.84. The van der Waals surface area contributed by atoms with E-state index in [1.807, 2.05) is 6.08 Å². The largest absolute Gasteiger partial charge is 0.357 e. The van der Waals surface area contributed by atoms with Crippen molar-refractivity contribution in [2.75, 3.05) is 19.6 Å². The molecule has 0 aliphatic heterocycles. The highest BCUT2D eigenvalue weighted by atomic mass is 15.2. The van der Waals surface area contributed by atoms with Crippen LogP contribution < -0.4 is 10.6 Å². The molecule has 0 saturated heterocycles. The summed E-state index contributed by atoms with van der Waals surface area (Å²) in [6.45, 7) is 12.5. The molecule has 1 unspecified atom stereocenters. The van der Waals surface area contributed by atoms with E-state index in [-0.39, 0.29) is 0 Å². The summed E-state index contributed by atoms with van der Waals surface area (Å²) >= 11 is 0. The fourth-order valence-electron chi connectivity index (χ4n) is 1.82. The van der Waals surface area contributed by atoms with Crippen molar-refractivity contribution in [1.82, 2.24) is 10.6 Å². The van der Waals surface area contributed by atoms with Gasteiger partial charge >= 0.3 is 0 Å². The number of hydrogen-bond donors (Lipinski definition) is 2. The molecule has 0 aromatic heterocycles. The van der Waals surface area contributed by atoms with Gasteiger partial charge < -0.3 is 10.6 Å². The first-order chi connectivity index (χ1) is 9.17. The number of aryl methyl sites for hydroxylation is 1. The maximum Gasteiger partial charge on any atom is 0.191 e. The van der Waals surface area contributed by atoms with Gasteiger partial charge in [-0.2, -0.15) is 0 Å². The smallest absolute Gasteiger partial charge is 0.191 e. The Morgan fingerprint density at radius 1 is 1.42 bits per heavy atom. The highest BCUT2D eigenvalue weighted by molar-refractivity contribution is 5.79. The molecule has 3 heteroatoms. The molecule has 1 aromatic rings. The van der Waals surface area contributed by atoms with Crippen LogP contribution in [0.15, 0.2) is 41.9 Å². The van der Waals surface area contributed by atoms with Gasteiger partial charge in [-0.1, -0.05) is 42.8 Å². The number of benzene rings is 1. The fraction of sp³-hybridized carbons (Fsp3) is 0.438. The van der Waals surface area contributed by atoms with E-state index in [0.717, 1.165) is 25.6 Å². The van der Waals surface area contributed by atoms with Crippen molar-refractivity contribution < 1.29 is 0 Å². The summed E-state index contributed by atoms with van der Waals surface area (Å²) in [6.07, 6.45) is 1.83. The molecule has 104 valence electrons. The highest BCUT2D eigenvalue weighted by Gasteiger charge is 2.05. The maximum absolute atomic E-state index is 4.60. The minimum Gasteiger partial charge on any atom is -0.357 e. The van der Waals surface area contributed by atoms with Crippen molar-refractivity contribution in [2.45, 2.75) is 26.7 Å². The second-order valence-electron chi connectivity index (χ2n) is 4.70. The van der Waals surface area contributed by atoms with Crippen LogP contribution in [0.25, 0.3) is 0 Å². The van der Waals surface area contributed by atoms with E-state index in [2.05, 4.69) is 67.2 Å². The van der Waals surface area contributed by atoms with Crippen molar-refractivity contribution in [2.24, 2.45) is 4.99 Å². The number of aliphatic imine (C=N–C) groups is 1. The molecule has 0 heterocycles. The number of guanidine groups is 1. The van der Waals surface area contributed by atoms with Crippen LogP contribution in [0.2, 0.25) is 0 Å². The van der Waals surface area contributed by atoms with Gasteiger partial charge in [0.1, 0.15) is 0 Å². The van der Waals surface area contributed by atoms with Crippen molar-refractivity contribution in [1.29, 1.82) is 0 Å². The predicted molar refractivity (Wildman–Crippen MR) is 83.8 cm³/mol. The van der Waals surface area contributed by atoms with Crippen molar-refractivity contribution >= 4 is 5.96 Å². The molecule has 2 N–H and O–H groups in total. The average Bonchev–Trinajstić information content (AvgIpc) is 2.41. The van der Waals surface area contributed by atoms with E-state index in [9.17, 15) is 0 Å². The van der Waals surface area contributed by atoms with Crippen LogP contribution in [0.3, 0.4) is 0 Å². The zero-order chi connectivity index (χ0) is 14.1. The lowest BCUT2D eigenvalue weighted by Gasteiger charge is -2.13. The monoisotopic (exact) mass is 259 g/mol. The quantitative estimate of drug-likeness (QED) is 0.468. The Bertz CT molecular complexity index is 424. The van der Waals surface area contributed by atoms with Gasteiger partial charge in [0.15, 0.2) is 5.96 Å². The highest BCUT2D eigenvalue weighted by Crippen LogP contribution is 2.16. The Kier molecular flexibility index (Phi) is 6.72. The van der Waals surface area contributed by atoms with Crippen LogP contribution in [0.5, 0.6) is 0 Å². The van der Waals surface area contributed by atoms with E-state index in [1.54, 1.807) is 0 Å². The molecule has 0 saturated carbocycles. The lowest BCUT2D eigenvalue weighted by atomic mass is 10.00. The molecule has 3 nitrogen and oxygen atoms in total. The topological polar surface area (TPSA) is 36.4 Å². The Labute approximate surface area is 116 Å². The first kappa shape index (κ1) is 15.3. The van der Waals surface area contributed by atoms with Gasteiger partial charge in [0.05, 0.1) is 0 Å². The summed E-state index contributed by atoms with van der Waals surface area (Å²) in [5.41, 5.74) is 2.63. The third kappa shape index (κ3) is 5.60. The minimum absolute atomic E-state index is 0.416. The lowest BCUT2D eigenvalue weighted by Crippen LogP contribution is -2.37. The summed E-state index contributed by atoms with van der Waals surface area (Å²) in [7, 11) is 0. The number of hydrogen-bond acceptors (Lipinski definition) is 1. The Balaban J connectivity index is 2.62. The molecule has 19 heavy (non-hydrogen) atoms. The average molecular weight is 259 g/mol. The molecule has 1 atom stereocenters. The molecule has 0 spiro atoms. The summed E-state index contributed by atoms with van der Waals surface area (Å²) in [5, 5.41) is 6.44. The van der Waals surface area contributed by atoms with Gasteiger partial charge in [0.2, 0.25) is 0 Å². The number of nitrogens with zero attached hydrogens (tertiary/aromatic N) is 1. The lowest BCUT2D eigenvalue weighted by molar-refractivity contribution is 0.756. The summed E-state index contributed by atoms with van der Waals surface area (Å²) in [6, 6.07) is 8.61. The first-order valence-corrected chi connectivity index (χ1v) is 6.87. The molecule has 1 rings (SSSR count). The van der Waals surface area contributed by atoms with Gasteiger partial charge in [0.25, 0.3) is 0 Å². The van der Waals surface area contributed by atoms with E-state index < -0.39 is 0 Å². The molecule has 0 aliphatic carbocycles. The maximum atomic E-state index is 4.60. The molecular formula is C16H25N3. The van der Waals surface area contributed by atoms with E-state index >= 15 is 0 Å². The third-order valence-corrected chi connectivity index (χ3v) is 2.89. The zero-order valence-electron chi connectivity index (χ0n) is 12.2. The second kappa shape index (κ2) is 8.35. The summed E-state index contributed by atoms with van der Waals surface area (Å²) in [5.74, 6) is 1.26. The normalized spacial score (nSPS) is 12.9. The van der Waals surface area contributed by atoms with Crippen LogP contribution in [-0.2, 0) is 0 Å². The zero-order valence-corrected chi connectivity index (χ0v) is 12.2. The minimum atomic E-state index is 0.416. The van der Waals surface area contributed by atoms with Gasteiger partial charge in [-0.3, -0.25) is 4.99 Å². The van der Waals surface area contributed by atoms with Gasteiger partial charge in [-0.25, -0.2) is 0 Å². The Hall–Kier alpha value is -1.77. The van der Waals surface area contributed by atoms with Gasteiger partial charge in [0, 0.05) is 25.6 Å². The van der Waals surface area contributed by atoms with Gasteiger partial charge in [-0.15, -0.1) is 6.58 Å². The van der Waals surface area contributed by atoms with Crippen molar-refractivity contribution in [3.63, 3.8) is 0 Å². The molecule has 0 radical (unpaired) electrons. The van der Waals surface area contributed by atoms with Crippen LogP contribution in [0.1, 0.15) is 30.9 Å². The molecule has 0 amide bonds. The molecule has 1 aromatic carbocycles. The number of rotatable bonds is 6. The van der Waals surface area contributed by atoms with Crippen LogP contribution in [0, 0.1) is 6.92 Å². The summed E-state index contributed by atoms with van der Waals surface area (Å²) < 4.78 is 0. The summed E-state index contributed by atoms with van der Waals surface area (Å²) in [4.78, 5) is 4.60. The standard InChI is InChI=1S/C16H25N3/c1-5-10-18-16(17-6-2)19-12-14(4)15-9-7-8-13(3)11-15/h5,7-9,11,14H,1,6,10,12H2,2-4H3,(H2,17,18,19). The van der Waals surface area contributed by atoms with Crippen molar-refractivity contribution in [3.05, 3.63) is 48.0 Å². The number of nitrogens with one attached hydrogen (secondary N) is 2. The van der Waals surface area contributed by atoms with E-state index in [0.29, 0.717) is 5.92 Å². The molecular weight excluding hydrogens is 234 g/mol. The van der Waals surface area contributed by atoms with Crippen molar-refractivity contribution in [3.8, 4) is 0 Å². The van der Waals surface area contributed by atoms with Crippen LogP contribution >= 0.6 is 0 Å². The SMILES string of the molecule is C=CCNC(=NCC(C)c1cccc(C)c1)NCC. The van der Waals surface area contributed by atoms with Crippen LogP contribution in [-0.4, -0.2) is 25.6 Å². The molecule has 0 aliphatic rings. The molecule has 0 fully saturated rings. The first-order valence-electron chi connectivity index (χ1n) is 6.87.